The molecular formula is C14H10ClFO3. The minimum absolute atomic E-state index is 0.0334. The Bertz CT molecular complexity index is 641. The number of hydrogen-bond donors (Lipinski definition) is 1. The number of benzene rings is 2. The lowest BCUT2D eigenvalue weighted by atomic mass is 10.1. The maximum absolute atomic E-state index is 13.0. The smallest absolute Gasteiger partial charge is 0.339 e. The van der Waals surface area contributed by atoms with E-state index in [0.717, 1.165) is 11.6 Å². The molecule has 0 fully saturated rings. The fourth-order valence-corrected chi connectivity index (χ4v) is 1.73. The van der Waals surface area contributed by atoms with Crippen LogP contribution in [-0.2, 0) is 0 Å². The Labute approximate surface area is 114 Å². The van der Waals surface area contributed by atoms with Crippen LogP contribution in [0.2, 0.25) is 5.02 Å². The van der Waals surface area contributed by atoms with Crippen molar-refractivity contribution in [3.8, 4) is 11.5 Å². The van der Waals surface area contributed by atoms with Gasteiger partial charge in [0.2, 0.25) is 0 Å². The van der Waals surface area contributed by atoms with Crippen molar-refractivity contribution in [2.45, 2.75) is 6.92 Å². The number of aromatic carboxylic acids is 1. The molecule has 0 heterocycles. The van der Waals surface area contributed by atoms with Crippen LogP contribution in [0.4, 0.5) is 4.39 Å². The van der Waals surface area contributed by atoms with Crippen LogP contribution < -0.4 is 4.74 Å². The third kappa shape index (κ3) is 3.03. The lowest BCUT2D eigenvalue weighted by molar-refractivity contribution is 0.0694. The van der Waals surface area contributed by atoms with E-state index in [9.17, 15) is 9.18 Å². The molecule has 1 N–H and O–H groups in total. The van der Waals surface area contributed by atoms with Gasteiger partial charge in [0.25, 0.3) is 0 Å². The van der Waals surface area contributed by atoms with Crippen molar-refractivity contribution in [3.05, 3.63) is 58.4 Å². The normalized spacial score (nSPS) is 10.3. The highest BCUT2D eigenvalue weighted by molar-refractivity contribution is 6.30. The second-order valence-corrected chi connectivity index (χ2v) is 4.39. The van der Waals surface area contributed by atoms with E-state index in [2.05, 4.69) is 0 Å². The SMILES string of the molecule is Cc1ccc(C(=O)O)c(Oc2ccc(F)c(Cl)c2)c1. The van der Waals surface area contributed by atoms with Gasteiger partial charge in [-0.25, -0.2) is 9.18 Å². The van der Waals surface area contributed by atoms with Crippen molar-refractivity contribution in [1.82, 2.24) is 0 Å². The lowest BCUT2D eigenvalue weighted by Crippen LogP contribution is -2.00. The standard InChI is InChI=1S/C14H10ClFO3/c1-8-2-4-10(14(17)18)13(6-8)19-9-3-5-12(16)11(15)7-9/h2-7H,1H3,(H,17,18). The molecule has 2 aromatic carbocycles. The van der Waals surface area contributed by atoms with Crippen LogP contribution in [0, 0.1) is 12.7 Å². The van der Waals surface area contributed by atoms with E-state index in [4.69, 9.17) is 21.4 Å². The fourth-order valence-electron chi connectivity index (χ4n) is 1.56. The van der Waals surface area contributed by atoms with Crippen LogP contribution in [0.1, 0.15) is 15.9 Å². The first kappa shape index (κ1) is 13.4. The van der Waals surface area contributed by atoms with Crippen molar-refractivity contribution in [1.29, 1.82) is 0 Å². The van der Waals surface area contributed by atoms with Crippen molar-refractivity contribution >= 4 is 17.6 Å². The van der Waals surface area contributed by atoms with E-state index in [1.54, 1.807) is 12.1 Å². The van der Waals surface area contributed by atoms with Gasteiger partial charge in [-0.05, 0) is 36.8 Å². The van der Waals surface area contributed by atoms with Gasteiger partial charge in [0, 0.05) is 6.07 Å². The van der Waals surface area contributed by atoms with E-state index in [-0.39, 0.29) is 22.1 Å². The average Bonchev–Trinajstić information content (AvgIpc) is 2.33. The van der Waals surface area contributed by atoms with E-state index >= 15 is 0 Å². The van der Waals surface area contributed by atoms with Crippen molar-refractivity contribution in [2.75, 3.05) is 0 Å². The quantitative estimate of drug-likeness (QED) is 0.913. The molecule has 0 aromatic heterocycles. The maximum atomic E-state index is 13.0. The van der Waals surface area contributed by atoms with Gasteiger partial charge in [0.1, 0.15) is 22.9 Å². The van der Waals surface area contributed by atoms with Crippen molar-refractivity contribution < 1.29 is 19.0 Å². The molecule has 0 saturated carbocycles. The Kier molecular flexibility index (Phi) is 3.71. The maximum Gasteiger partial charge on any atom is 0.339 e. The zero-order chi connectivity index (χ0) is 14.0. The van der Waals surface area contributed by atoms with E-state index in [1.165, 1.54) is 18.2 Å². The molecule has 0 saturated heterocycles. The molecule has 0 spiro atoms. The number of rotatable bonds is 3. The first-order chi connectivity index (χ1) is 8.97. The van der Waals surface area contributed by atoms with E-state index in [0.29, 0.717) is 0 Å². The molecule has 0 unspecified atom stereocenters. The number of carbonyl (C=O) groups is 1. The Hall–Kier alpha value is -2.07. The first-order valence-electron chi connectivity index (χ1n) is 5.44. The summed E-state index contributed by atoms with van der Waals surface area (Å²) in [5.41, 5.74) is 0.888. The van der Waals surface area contributed by atoms with Gasteiger partial charge in [-0.3, -0.25) is 0 Å². The van der Waals surface area contributed by atoms with Crippen LogP contribution in [0.3, 0.4) is 0 Å². The molecule has 0 aliphatic rings. The molecule has 0 radical (unpaired) electrons. The number of hydrogen-bond acceptors (Lipinski definition) is 2. The molecule has 0 atom stereocenters. The Balaban J connectivity index is 2.39. The number of ether oxygens (including phenoxy) is 1. The Morgan fingerprint density at radius 1 is 1.26 bits per heavy atom. The van der Waals surface area contributed by atoms with Gasteiger partial charge in [-0.15, -0.1) is 0 Å². The van der Waals surface area contributed by atoms with Crippen molar-refractivity contribution in [2.24, 2.45) is 0 Å². The summed E-state index contributed by atoms with van der Waals surface area (Å²) >= 11 is 5.64. The number of carboxylic acids is 1. The highest BCUT2D eigenvalue weighted by Crippen LogP contribution is 2.29. The molecule has 2 aromatic rings. The minimum Gasteiger partial charge on any atom is -0.478 e. The largest absolute Gasteiger partial charge is 0.478 e. The zero-order valence-electron chi connectivity index (χ0n) is 9.98. The highest BCUT2D eigenvalue weighted by Gasteiger charge is 2.12. The predicted molar refractivity (Wildman–Crippen MR) is 69.6 cm³/mol. The summed E-state index contributed by atoms with van der Waals surface area (Å²) < 4.78 is 18.5. The summed E-state index contributed by atoms with van der Waals surface area (Å²) in [5.74, 6) is -1.19. The fraction of sp³-hybridized carbons (Fsp3) is 0.0714. The average molecular weight is 281 g/mol. The van der Waals surface area contributed by atoms with Crippen LogP contribution in [0.15, 0.2) is 36.4 Å². The third-order valence-corrected chi connectivity index (χ3v) is 2.78. The van der Waals surface area contributed by atoms with Crippen LogP contribution in [0.25, 0.3) is 0 Å². The van der Waals surface area contributed by atoms with E-state index < -0.39 is 11.8 Å². The number of aryl methyl sites for hydroxylation is 1. The summed E-state index contributed by atoms with van der Waals surface area (Å²) in [5, 5.41) is 8.99. The molecule has 3 nitrogen and oxygen atoms in total. The van der Waals surface area contributed by atoms with Gasteiger partial charge in [0.05, 0.1) is 5.02 Å². The third-order valence-electron chi connectivity index (χ3n) is 2.49. The molecule has 98 valence electrons. The summed E-state index contributed by atoms with van der Waals surface area (Å²) in [7, 11) is 0. The summed E-state index contributed by atoms with van der Waals surface area (Å²) in [4.78, 5) is 11.1. The number of carboxylic acid groups (broad SMARTS) is 1. The molecule has 0 bridgehead atoms. The highest BCUT2D eigenvalue weighted by atomic mass is 35.5. The molecule has 19 heavy (non-hydrogen) atoms. The summed E-state index contributed by atoms with van der Waals surface area (Å²) in [6, 6.07) is 8.57. The monoisotopic (exact) mass is 280 g/mol. The van der Waals surface area contributed by atoms with Crippen LogP contribution in [-0.4, -0.2) is 11.1 Å². The molecule has 0 aliphatic carbocycles. The Morgan fingerprint density at radius 3 is 2.63 bits per heavy atom. The molecular weight excluding hydrogens is 271 g/mol. The van der Waals surface area contributed by atoms with Crippen LogP contribution >= 0.6 is 11.6 Å². The van der Waals surface area contributed by atoms with Gasteiger partial charge >= 0.3 is 5.97 Å². The minimum atomic E-state index is -1.09. The van der Waals surface area contributed by atoms with Crippen molar-refractivity contribution in [3.63, 3.8) is 0 Å². The number of halogens is 2. The zero-order valence-corrected chi connectivity index (χ0v) is 10.7. The van der Waals surface area contributed by atoms with Crippen LogP contribution in [0.5, 0.6) is 11.5 Å². The second kappa shape index (κ2) is 5.28. The van der Waals surface area contributed by atoms with Gasteiger partial charge in [-0.2, -0.15) is 0 Å². The first-order valence-corrected chi connectivity index (χ1v) is 5.82. The summed E-state index contributed by atoms with van der Waals surface area (Å²) in [6.07, 6.45) is 0. The molecule has 0 aliphatic heterocycles. The van der Waals surface area contributed by atoms with Gasteiger partial charge in [0.15, 0.2) is 0 Å². The lowest BCUT2D eigenvalue weighted by Gasteiger charge is -2.10. The Morgan fingerprint density at radius 2 is 2.00 bits per heavy atom. The van der Waals surface area contributed by atoms with E-state index in [1.807, 2.05) is 6.92 Å². The molecule has 5 heteroatoms. The van der Waals surface area contributed by atoms with Gasteiger partial charge < -0.3 is 9.84 Å². The second-order valence-electron chi connectivity index (χ2n) is 3.98. The summed E-state index contributed by atoms with van der Waals surface area (Å²) in [6.45, 7) is 1.82. The predicted octanol–water partition coefficient (Wildman–Crippen LogP) is 4.28. The topological polar surface area (TPSA) is 46.5 Å². The molecule has 0 amide bonds. The molecule has 2 rings (SSSR count). The van der Waals surface area contributed by atoms with Gasteiger partial charge in [-0.1, -0.05) is 17.7 Å².